The first-order valence-electron chi connectivity index (χ1n) is 6.70. The average molecular weight is 258 g/mol. The Bertz CT molecular complexity index is 262. The Kier molecular flexibility index (Phi) is 3.38. The quantitative estimate of drug-likeness (QED) is 0.667. The van der Waals surface area contributed by atoms with Crippen molar-refractivity contribution >= 4 is 17.0 Å². The summed E-state index contributed by atoms with van der Waals surface area (Å²) in [6.45, 7) is 13.2. The van der Waals surface area contributed by atoms with Gasteiger partial charge in [0.2, 0.25) is 0 Å². The van der Waals surface area contributed by atoms with Crippen LogP contribution in [0.1, 0.15) is 40.5 Å². The lowest BCUT2D eigenvalue weighted by molar-refractivity contribution is 0.186. The van der Waals surface area contributed by atoms with Crippen molar-refractivity contribution in [2.75, 3.05) is 6.61 Å². The van der Waals surface area contributed by atoms with Crippen LogP contribution in [0.15, 0.2) is 0 Å². The lowest BCUT2D eigenvalue weighted by atomic mass is 9.98. The zero-order valence-corrected chi connectivity index (χ0v) is 14.0. The largest absolute Gasteiger partial charge is 0.425 e. The van der Waals surface area contributed by atoms with Crippen LogP contribution in [-0.2, 0) is 4.43 Å². The van der Waals surface area contributed by atoms with E-state index < -0.39 is 7.75 Å². The highest BCUT2D eigenvalue weighted by Crippen LogP contribution is 2.39. The highest BCUT2D eigenvalue weighted by atomic mass is 29.2. The van der Waals surface area contributed by atoms with Gasteiger partial charge in [-0.1, -0.05) is 34.2 Å². The molecule has 2 saturated heterocycles. The molecule has 0 aliphatic carbocycles. The molecule has 94 valence electrons. The predicted octanol–water partition coefficient (Wildman–Crippen LogP) is 2.07. The van der Waals surface area contributed by atoms with Gasteiger partial charge in [0.15, 0.2) is 9.28 Å². The van der Waals surface area contributed by atoms with Crippen LogP contribution in [0.2, 0.25) is 12.6 Å². The second-order valence-corrected chi connectivity index (χ2v) is 17.0. The molecule has 0 spiro atoms. The number of hydrogen-bond acceptors (Lipinski definition) is 2. The SMILES string of the molecule is CC1CCC(C)N1[Si]1(C)CC(C)(C)CO[SiH2]1. The number of nitrogens with zero attached hydrogens (tertiary/aromatic N) is 1. The predicted molar refractivity (Wildman–Crippen MR) is 74.7 cm³/mol. The maximum Gasteiger partial charge on any atom is 0.168 e. The molecule has 0 bridgehead atoms. The summed E-state index contributed by atoms with van der Waals surface area (Å²) in [6, 6.07) is 3.09. The van der Waals surface area contributed by atoms with Gasteiger partial charge in [-0.15, -0.1) is 0 Å². The zero-order chi connectivity index (χ0) is 12.0. The van der Waals surface area contributed by atoms with Crippen LogP contribution in [0.4, 0.5) is 0 Å². The molecule has 0 aromatic carbocycles. The Morgan fingerprint density at radius 3 is 2.31 bits per heavy atom. The van der Waals surface area contributed by atoms with Gasteiger partial charge in [-0.2, -0.15) is 0 Å². The minimum atomic E-state index is -1.22. The third kappa shape index (κ3) is 2.30. The molecule has 2 nitrogen and oxygen atoms in total. The van der Waals surface area contributed by atoms with Gasteiger partial charge in [0.25, 0.3) is 0 Å². The van der Waals surface area contributed by atoms with E-state index >= 15 is 0 Å². The fourth-order valence-electron chi connectivity index (χ4n) is 4.11. The Morgan fingerprint density at radius 1 is 1.25 bits per heavy atom. The van der Waals surface area contributed by atoms with Crippen molar-refractivity contribution in [3.63, 3.8) is 0 Å². The molecular formula is C12H27NOSi2. The van der Waals surface area contributed by atoms with E-state index in [1.165, 1.54) is 18.9 Å². The summed E-state index contributed by atoms with van der Waals surface area (Å²) in [6.07, 6.45) is 2.80. The highest BCUT2D eigenvalue weighted by molar-refractivity contribution is 7.20. The van der Waals surface area contributed by atoms with Gasteiger partial charge < -0.3 is 8.99 Å². The summed E-state index contributed by atoms with van der Waals surface area (Å²) in [5.41, 5.74) is 0.425. The molecule has 0 aromatic rings. The summed E-state index contributed by atoms with van der Waals surface area (Å²) in [5.74, 6) is 0. The van der Waals surface area contributed by atoms with Crippen LogP contribution in [0.5, 0.6) is 0 Å². The molecule has 4 heteroatoms. The maximum atomic E-state index is 6.07. The number of hydrogen-bond donors (Lipinski definition) is 0. The van der Waals surface area contributed by atoms with Crippen LogP contribution in [0.25, 0.3) is 0 Å². The van der Waals surface area contributed by atoms with Crippen molar-refractivity contribution in [1.29, 1.82) is 0 Å². The van der Waals surface area contributed by atoms with Gasteiger partial charge in [0.05, 0.1) is 0 Å². The first-order chi connectivity index (χ1) is 7.34. The molecule has 0 aromatic heterocycles. The third-order valence-corrected chi connectivity index (χ3v) is 13.5. The molecule has 2 heterocycles. The van der Waals surface area contributed by atoms with E-state index in [4.69, 9.17) is 4.43 Å². The molecule has 2 fully saturated rings. The minimum Gasteiger partial charge on any atom is -0.425 e. The van der Waals surface area contributed by atoms with Gasteiger partial charge in [-0.05, 0) is 24.3 Å². The van der Waals surface area contributed by atoms with Crippen molar-refractivity contribution in [3.8, 4) is 0 Å². The van der Waals surface area contributed by atoms with Gasteiger partial charge in [0, 0.05) is 18.7 Å². The molecule has 2 aliphatic heterocycles. The fourth-order valence-corrected chi connectivity index (χ4v) is 16.5. The van der Waals surface area contributed by atoms with E-state index in [2.05, 4.69) is 38.8 Å². The third-order valence-electron chi connectivity index (χ3n) is 4.34. The summed E-state index contributed by atoms with van der Waals surface area (Å²) >= 11 is 0. The van der Waals surface area contributed by atoms with Gasteiger partial charge in [-0.25, -0.2) is 0 Å². The monoisotopic (exact) mass is 257 g/mol. The van der Waals surface area contributed by atoms with Crippen LogP contribution in [0, 0.1) is 5.41 Å². The Morgan fingerprint density at radius 2 is 1.81 bits per heavy atom. The molecule has 2 aliphatic rings. The standard InChI is InChI=1S/C12H27NOSi2/c1-10-6-7-11(2)13(10)16(5)9-12(3,4)8-14-15-16/h10-11H,6-9,15H2,1-5H3. The van der Waals surface area contributed by atoms with E-state index in [-0.39, 0.29) is 9.28 Å². The van der Waals surface area contributed by atoms with E-state index in [9.17, 15) is 0 Å². The van der Waals surface area contributed by atoms with Crippen molar-refractivity contribution < 1.29 is 4.43 Å². The van der Waals surface area contributed by atoms with Gasteiger partial charge in [-0.3, -0.25) is 0 Å². The fraction of sp³-hybridized carbons (Fsp3) is 1.00. The molecule has 0 N–H and O–H groups in total. The minimum absolute atomic E-state index is 0.271. The molecular weight excluding hydrogens is 230 g/mol. The molecule has 0 amide bonds. The second-order valence-electron chi connectivity index (χ2n) is 7.01. The molecule has 2 rings (SSSR count). The Labute approximate surface area is 104 Å². The van der Waals surface area contributed by atoms with Gasteiger partial charge in [0.1, 0.15) is 7.75 Å². The molecule has 16 heavy (non-hydrogen) atoms. The maximum absolute atomic E-state index is 6.07. The first kappa shape index (κ1) is 12.8. The molecule has 0 saturated carbocycles. The summed E-state index contributed by atoms with van der Waals surface area (Å²) in [4.78, 5) is 0. The van der Waals surface area contributed by atoms with E-state index in [1.807, 2.05) is 0 Å². The first-order valence-corrected chi connectivity index (χ1v) is 12.3. The molecule has 3 unspecified atom stereocenters. The molecule has 3 atom stereocenters. The lowest BCUT2D eigenvalue weighted by Gasteiger charge is -2.49. The van der Waals surface area contributed by atoms with Crippen molar-refractivity contribution in [3.05, 3.63) is 0 Å². The van der Waals surface area contributed by atoms with Crippen LogP contribution in [0.3, 0.4) is 0 Å². The normalized spacial score (nSPS) is 46.3. The average Bonchev–Trinajstić information content (AvgIpc) is 2.44. The Hall–Kier alpha value is 0.354. The number of rotatable bonds is 1. The van der Waals surface area contributed by atoms with Crippen molar-refractivity contribution in [2.45, 2.75) is 65.2 Å². The second kappa shape index (κ2) is 4.23. The summed E-state index contributed by atoms with van der Waals surface area (Å²) in [7, 11) is -1.49. The van der Waals surface area contributed by atoms with E-state index in [0.717, 1.165) is 18.7 Å². The topological polar surface area (TPSA) is 12.5 Å². The van der Waals surface area contributed by atoms with Crippen LogP contribution >= 0.6 is 0 Å². The van der Waals surface area contributed by atoms with Crippen LogP contribution < -0.4 is 0 Å². The summed E-state index contributed by atoms with van der Waals surface area (Å²) < 4.78 is 8.99. The van der Waals surface area contributed by atoms with Gasteiger partial charge >= 0.3 is 0 Å². The van der Waals surface area contributed by atoms with Crippen molar-refractivity contribution in [1.82, 2.24) is 4.57 Å². The lowest BCUT2D eigenvalue weighted by Crippen LogP contribution is -2.64. The summed E-state index contributed by atoms with van der Waals surface area (Å²) in [5, 5.41) is 0. The smallest absolute Gasteiger partial charge is 0.168 e. The van der Waals surface area contributed by atoms with Crippen molar-refractivity contribution in [2.24, 2.45) is 5.41 Å². The zero-order valence-electron chi connectivity index (χ0n) is 11.5. The van der Waals surface area contributed by atoms with E-state index in [1.54, 1.807) is 0 Å². The Balaban J connectivity index is 2.17. The molecule has 0 radical (unpaired) electrons. The van der Waals surface area contributed by atoms with E-state index in [0.29, 0.717) is 5.41 Å². The highest BCUT2D eigenvalue weighted by Gasteiger charge is 2.48. The van der Waals surface area contributed by atoms with Crippen LogP contribution in [-0.4, -0.2) is 40.3 Å².